The van der Waals surface area contributed by atoms with Gasteiger partial charge in [-0.2, -0.15) is 5.10 Å². The molecule has 0 aliphatic carbocycles. The van der Waals surface area contributed by atoms with Gasteiger partial charge >= 0.3 is 0 Å². The number of halogens is 3. The SMILES string of the molecule is NC(COc1ccccc1Cl)C(=O)N1CCC2=NN(CC(F)F)C(=O)[C@]2(Cc2ccccn2)C1. The maximum atomic E-state index is 13.3. The lowest BCUT2D eigenvalue weighted by molar-refractivity contribution is -0.142. The summed E-state index contributed by atoms with van der Waals surface area (Å²) in [5.41, 5.74) is 5.93. The molecule has 1 unspecified atom stereocenters. The average molecular weight is 492 g/mol. The maximum Gasteiger partial charge on any atom is 0.258 e. The summed E-state index contributed by atoms with van der Waals surface area (Å²) in [6.07, 6.45) is -0.733. The molecule has 1 aromatic carbocycles. The predicted octanol–water partition coefficient (Wildman–Crippen LogP) is 2.37. The molecule has 0 bridgehead atoms. The van der Waals surface area contributed by atoms with Crippen LogP contribution in [0.25, 0.3) is 0 Å². The van der Waals surface area contributed by atoms with Gasteiger partial charge in [0.2, 0.25) is 5.91 Å². The molecule has 2 amide bonds. The van der Waals surface area contributed by atoms with Crippen molar-refractivity contribution in [2.45, 2.75) is 25.3 Å². The zero-order chi connectivity index (χ0) is 24.3. The molecule has 1 saturated heterocycles. The Balaban J connectivity index is 1.52. The van der Waals surface area contributed by atoms with Gasteiger partial charge < -0.3 is 15.4 Å². The number of nitrogens with zero attached hydrogens (tertiary/aromatic N) is 4. The first-order chi connectivity index (χ1) is 16.3. The molecule has 180 valence electrons. The minimum absolute atomic E-state index is 0.0282. The highest BCUT2D eigenvalue weighted by molar-refractivity contribution is 6.32. The Morgan fingerprint density at radius 1 is 1.24 bits per heavy atom. The van der Waals surface area contributed by atoms with E-state index in [-0.39, 0.29) is 32.5 Å². The van der Waals surface area contributed by atoms with E-state index in [0.29, 0.717) is 22.2 Å². The number of rotatable bonds is 8. The second kappa shape index (κ2) is 10.0. The molecule has 34 heavy (non-hydrogen) atoms. The normalized spacial score (nSPS) is 20.9. The van der Waals surface area contributed by atoms with Gasteiger partial charge in [-0.25, -0.2) is 13.8 Å². The molecule has 0 radical (unpaired) electrons. The molecule has 4 rings (SSSR count). The van der Waals surface area contributed by atoms with Crippen molar-refractivity contribution in [2.24, 2.45) is 16.3 Å². The van der Waals surface area contributed by atoms with Gasteiger partial charge in [-0.15, -0.1) is 0 Å². The van der Waals surface area contributed by atoms with Crippen molar-refractivity contribution in [1.29, 1.82) is 0 Å². The fraction of sp³-hybridized carbons (Fsp3) is 0.391. The van der Waals surface area contributed by atoms with Gasteiger partial charge in [0.05, 0.1) is 10.7 Å². The van der Waals surface area contributed by atoms with Crippen LogP contribution in [0.4, 0.5) is 8.78 Å². The van der Waals surface area contributed by atoms with Gasteiger partial charge in [-0.05, 0) is 24.3 Å². The number of nitrogens with two attached hydrogens (primary N) is 1. The first-order valence-corrected chi connectivity index (χ1v) is 11.2. The van der Waals surface area contributed by atoms with Gasteiger partial charge in [0.1, 0.15) is 30.4 Å². The second-order valence-electron chi connectivity index (χ2n) is 8.26. The number of hydrogen-bond acceptors (Lipinski definition) is 6. The molecular weight excluding hydrogens is 468 g/mol. The molecule has 0 spiro atoms. The highest BCUT2D eigenvalue weighted by Crippen LogP contribution is 2.38. The van der Waals surface area contributed by atoms with E-state index in [1.165, 1.54) is 4.90 Å². The Morgan fingerprint density at radius 3 is 2.71 bits per heavy atom. The van der Waals surface area contributed by atoms with E-state index in [2.05, 4.69) is 10.1 Å². The smallest absolute Gasteiger partial charge is 0.258 e. The topological polar surface area (TPSA) is 101 Å². The van der Waals surface area contributed by atoms with Crippen molar-refractivity contribution in [2.75, 3.05) is 26.2 Å². The zero-order valence-corrected chi connectivity index (χ0v) is 19.0. The average Bonchev–Trinajstić information content (AvgIpc) is 3.08. The lowest BCUT2D eigenvalue weighted by atomic mass is 9.74. The van der Waals surface area contributed by atoms with Crippen LogP contribution in [-0.4, -0.2) is 71.1 Å². The van der Waals surface area contributed by atoms with E-state index in [9.17, 15) is 18.4 Å². The maximum absolute atomic E-state index is 13.3. The molecule has 1 aromatic heterocycles. The Labute approximate surface area is 200 Å². The van der Waals surface area contributed by atoms with Gasteiger partial charge in [-0.1, -0.05) is 29.8 Å². The van der Waals surface area contributed by atoms with E-state index in [1.807, 2.05) is 0 Å². The number of amides is 2. The monoisotopic (exact) mass is 491 g/mol. The molecule has 1 fully saturated rings. The molecular formula is C23H24ClF2N5O3. The molecule has 11 heteroatoms. The van der Waals surface area contributed by atoms with Crippen LogP contribution in [0, 0.1) is 5.41 Å². The molecule has 2 aromatic rings. The Kier molecular flexibility index (Phi) is 7.08. The lowest BCUT2D eigenvalue weighted by Gasteiger charge is -2.40. The number of hydrazone groups is 1. The van der Waals surface area contributed by atoms with E-state index in [4.69, 9.17) is 22.1 Å². The summed E-state index contributed by atoms with van der Waals surface area (Å²) in [4.78, 5) is 32.2. The number of pyridine rings is 1. The summed E-state index contributed by atoms with van der Waals surface area (Å²) in [5.74, 6) is -0.570. The van der Waals surface area contributed by atoms with Crippen LogP contribution in [0.5, 0.6) is 5.75 Å². The summed E-state index contributed by atoms with van der Waals surface area (Å²) in [7, 11) is 0. The van der Waals surface area contributed by atoms with Gasteiger partial charge in [0.15, 0.2) is 0 Å². The molecule has 2 N–H and O–H groups in total. The minimum Gasteiger partial charge on any atom is -0.490 e. The summed E-state index contributed by atoms with van der Waals surface area (Å²) < 4.78 is 31.7. The Hall–Kier alpha value is -3.11. The van der Waals surface area contributed by atoms with Crippen molar-refractivity contribution >= 4 is 29.1 Å². The number of piperidine rings is 1. The van der Waals surface area contributed by atoms with Crippen LogP contribution in [0.2, 0.25) is 5.02 Å². The summed E-state index contributed by atoms with van der Waals surface area (Å²) in [6, 6.07) is 11.1. The van der Waals surface area contributed by atoms with Crippen molar-refractivity contribution in [3.05, 3.63) is 59.4 Å². The summed E-state index contributed by atoms with van der Waals surface area (Å²) in [6.45, 7) is -0.680. The minimum atomic E-state index is -2.73. The highest BCUT2D eigenvalue weighted by Gasteiger charge is 2.55. The summed E-state index contributed by atoms with van der Waals surface area (Å²) in [5, 5.41) is 5.42. The third-order valence-electron chi connectivity index (χ3n) is 5.92. The fourth-order valence-electron chi connectivity index (χ4n) is 4.29. The van der Waals surface area contributed by atoms with Gasteiger partial charge in [0, 0.05) is 37.8 Å². The summed E-state index contributed by atoms with van der Waals surface area (Å²) >= 11 is 6.08. The number of ether oxygens (including phenoxy) is 1. The number of para-hydroxylation sites is 1. The van der Waals surface area contributed by atoms with Crippen LogP contribution >= 0.6 is 11.6 Å². The van der Waals surface area contributed by atoms with Crippen LogP contribution in [-0.2, 0) is 16.0 Å². The number of benzene rings is 1. The molecule has 3 heterocycles. The van der Waals surface area contributed by atoms with Crippen molar-refractivity contribution in [1.82, 2.24) is 14.9 Å². The van der Waals surface area contributed by atoms with E-state index >= 15 is 0 Å². The lowest BCUT2D eigenvalue weighted by Crippen LogP contribution is -2.59. The van der Waals surface area contributed by atoms with E-state index < -0.39 is 36.2 Å². The fourth-order valence-corrected chi connectivity index (χ4v) is 4.48. The first-order valence-electron chi connectivity index (χ1n) is 10.8. The Bertz CT molecular complexity index is 1090. The standard InChI is InChI=1S/C23H24ClF2N5O3/c24-16-6-1-2-7-18(16)34-13-17(27)21(32)30-10-8-19-23(14-30,11-15-5-3-4-9-28-15)22(33)31(29-19)12-20(25)26/h1-7,9,17,20H,8,10-14,27H2/t17?,23-/m1/s1. The first kappa shape index (κ1) is 24.0. The van der Waals surface area contributed by atoms with Crippen LogP contribution in [0.3, 0.4) is 0 Å². The molecule has 2 aliphatic heterocycles. The number of fused-ring (bicyclic) bond motifs is 1. The van der Waals surface area contributed by atoms with Crippen molar-refractivity contribution in [3.63, 3.8) is 0 Å². The number of carbonyl (C=O) groups excluding carboxylic acids is 2. The molecule has 2 atom stereocenters. The third-order valence-corrected chi connectivity index (χ3v) is 6.23. The number of aromatic nitrogens is 1. The van der Waals surface area contributed by atoms with E-state index in [1.54, 1.807) is 48.7 Å². The van der Waals surface area contributed by atoms with Crippen LogP contribution in [0.15, 0.2) is 53.8 Å². The predicted molar refractivity (Wildman–Crippen MR) is 122 cm³/mol. The highest BCUT2D eigenvalue weighted by atomic mass is 35.5. The Morgan fingerprint density at radius 2 is 2.00 bits per heavy atom. The van der Waals surface area contributed by atoms with Crippen molar-refractivity contribution in [3.8, 4) is 5.75 Å². The molecule has 8 nitrogen and oxygen atoms in total. The number of hydrogen-bond donors (Lipinski definition) is 1. The van der Waals surface area contributed by atoms with E-state index in [0.717, 1.165) is 5.01 Å². The molecule has 0 saturated carbocycles. The van der Waals surface area contributed by atoms with Gasteiger partial charge in [-0.3, -0.25) is 14.6 Å². The number of alkyl halides is 2. The number of carbonyl (C=O) groups is 2. The second-order valence-corrected chi connectivity index (χ2v) is 8.67. The quantitative estimate of drug-likeness (QED) is 0.611. The number of likely N-dealkylation sites (tertiary alicyclic amines) is 1. The zero-order valence-electron chi connectivity index (χ0n) is 18.2. The van der Waals surface area contributed by atoms with Crippen molar-refractivity contribution < 1.29 is 23.1 Å². The van der Waals surface area contributed by atoms with Crippen LogP contribution < -0.4 is 10.5 Å². The third kappa shape index (κ3) is 4.88. The largest absolute Gasteiger partial charge is 0.490 e. The van der Waals surface area contributed by atoms with Gasteiger partial charge in [0.25, 0.3) is 12.3 Å². The van der Waals surface area contributed by atoms with Crippen LogP contribution in [0.1, 0.15) is 12.1 Å². The molecule has 2 aliphatic rings.